The zero-order valence-corrected chi connectivity index (χ0v) is 13.9. The third-order valence-corrected chi connectivity index (χ3v) is 4.81. The highest BCUT2D eigenvalue weighted by Gasteiger charge is 2.26. The average Bonchev–Trinajstić information content (AvgIpc) is 2.59. The van der Waals surface area contributed by atoms with Crippen LogP contribution in [-0.2, 0) is 19.1 Å². The number of ether oxygens (including phenoxy) is 1. The van der Waals surface area contributed by atoms with Crippen molar-refractivity contribution in [2.24, 2.45) is 11.7 Å². The Bertz CT molecular complexity index is 618. The van der Waals surface area contributed by atoms with Gasteiger partial charge in [-0.15, -0.1) is 11.8 Å². The molecule has 1 aliphatic heterocycles. The molecule has 0 bridgehead atoms. The van der Waals surface area contributed by atoms with Gasteiger partial charge in [-0.1, -0.05) is 12.1 Å². The number of carbonyl (C=O) groups excluding carboxylic acids is 3. The zero-order chi connectivity index (χ0) is 17.5. The number of hydrogen-bond acceptors (Lipinski definition) is 5. The van der Waals surface area contributed by atoms with Crippen molar-refractivity contribution in [2.45, 2.75) is 17.7 Å². The monoisotopic (exact) mass is 354 g/mol. The Hall–Kier alpha value is -2.09. The van der Waals surface area contributed by atoms with Crippen molar-refractivity contribution < 1.29 is 23.5 Å². The molecule has 1 aliphatic rings. The lowest BCUT2D eigenvalue weighted by atomic mass is 9.96. The van der Waals surface area contributed by atoms with E-state index in [0.717, 1.165) is 11.8 Å². The molecule has 130 valence electrons. The van der Waals surface area contributed by atoms with Crippen molar-refractivity contribution in [3.8, 4) is 0 Å². The number of esters is 1. The number of thioether (sulfide) groups is 1. The van der Waals surface area contributed by atoms with E-state index in [4.69, 9.17) is 10.5 Å². The van der Waals surface area contributed by atoms with Gasteiger partial charge >= 0.3 is 5.97 Å². The van der Waals surface area contributed by atoms with Crippen LogP contribution in [0.4, 0.5) is 4.39 Å². The Kier molecular flexibility index (Phi) is 6.60. The molecule has 0 atom stereocenters. The molecule has 0 saturated carbocycles. The van der Waals surface area contributed by atoms with Crippen LogP contribution in [0, 0.1) is 11.7 Å². The fourth-order valence-corrected chi connectivity index (χ4v) is 3.12. The lowest BCUT2D eigenvalue weighted by molar-refractivity contribution is -0.150. The Morgan fingerprint density at radius 1 is 1.25 bits per heavy atom. The molecule has 2 N–H and O–H groups in total. The third kappa shape index (κ3) is 5.23. The molecule has 0 radical (unpaired) electrons. The van der Waals surface area contributed by atoms with Gasteiger partial charge in [0.05, 0.1) is 5.75 Å². The zero-order valence-electron chi connectivity index (χ0n) is 13.1. The Morgan fingerprint density at radius 2 is 1.92 bits per heavy atom. The molecule has 2 rings (SSSR count). The van der Waals surface area contributed by atoms with Gasteiger partial charge in [0.2, 0.25) is 5.91 Å². The summed E-state index contributed by atoms with van der Waals surface area (Å²) in [5.41, 5.74) is 5.24. The lowest BCUT2D eigenvalue weighted by Crippen LogP contribution is -2.43. The summed E-state index contributed by atoms with van der Waals surface area (Å²) in [6.07, 6.45) is 1.05. The molecule has 0 aromatic heterocycles. The summed E-state index contributed by atoms with van der Waals surface area (Å²) in [6.45, 7) is 0.500. The quantitative estimate of drug-likeness (QED) is 0.612. The standard InChI is InChI=1S/C16H19FN2O4S/c17-12-3-1-2-4-13(12)24-10-15(21)23-9-14(20)19-7-5-11(6-8-19)16(18)22/h1-4,11H,5-10H2,(H2,18,22). The molecule has 1 aromatic carbocycles. The molecule has 1 heterocycles. The van der Waals surface area contributed by atoms with Gasteiger partial charge < -0.3 is 15.4 Å². The predicted octanol–water partition coefficient (Wildman–Crippen LogP) is 1.18. The summed E-state index contributed by atoms with van der Waals surface area (Å²) in [6, 6.07) is 6.13. The second kappa shape index (κ2) is 8.68. The number of likely N-dealkylation sites (tertiary alicyclic amines) is 1. The van der Waals surface area contributed by atoms with Crippen LogP contribution < -0.4 is 5.73 Å². The molecular formula is C16H19FN2O4S. The number of rotatable bonds is 6. The number of piperidine rings is 1. The third-order valence-electron chi connectivity index (χ3n) is 3.79. The normalized spacial score (nSPS) is 15.1. The molecule has 1 fully saturated rings. The van der Waals surface area contributed by atoms with E-state index >= 15 is 0 Å². The first-order chi connectivity index (χ1) is 11.5. The first-order valence-corrected chi connectivity index (χ1v) is 8.56. The first-order valence-electron chi connectivity index (χ1n) is 7.57. The van der Waals surface area contributed by atoms with Gasteiger partial charge in [0.15, 0.2) is 6.61 Å². The van der Waals surface area contributed by atoms with E-state index in [1.165, 1.54) is 6.07 Å². The van der Waals surface area contributed by atoms with E-state index in [9.17, 15) is 18.8 Å². The second-order valence-electron chi connectivity index (χ2n) is 5.44. The molecular weight excluding hydrogens is 335 g/mol. The van der Waals surface area contributed by atoms with Crippen molar-refractivity contribution in [1.29, 1.82) is 0 Å². The van der Waals surface area contributed by atoms with Crippen LogP contribution in [0.5, 0.6) is 0 Å². The number of primary amides is 1. The first kappa shape index (κ1) is 18.3. The molecule has 6 nitrogen and oxygen atoms in total. The minimum Gasteiger partial charge on any atom is -0.455 e. The van der Waals surface area contributed by atoms with Crippen LogP contribution in [0.15, 0.2) is 29.2 Å². The number of benzene rings is 1. The second-order valence-corrected chi connectivity index (χ2v) is 6.45. The summed E-state index contributed by atoms with van der Waals surface area (Å²) in [5, 5.41) is 0. The van der Waals surface area contributed by atoms with E-state index in [-0.39, 0.29) is 30.1 Å². The number of halogens is 1. The highest BCUT2D eigenvalue weighted by atomic mass is 32.2. The highest BCUT2D eigenvalue weighted by molar-refractivity contribution is 8.00. The lowest BCUT2D eigenvalue weighted by Gasteiger charge is -2.30. The summed E-state index contributed by atoms with van der Waals surface area (Å²) < 4.78 is 18.3. The molecule has 8 heteroatoms. The topological polar surface area (TPSA) is 89.7 Å². The summed E-state index contributed by atoms with van der Waals surface area (Å²) in [4.78, 5) is 36.6. The van der Waals surface area contributed by atoms with Crippen LogP contribution in [0.2, 0.25) is 0 Å². The Morgan fingerprint density at radius 3 is 2.54 bits per heavy atom. The van der Waals surface area contributed by atoms with Crippen LogP contribution in [-0.4, -0.2) is 48.1 Å². The minimum atomic E-state index is -0.580. The molecule has 2 amide bonds. The van der Waals surface area contributed by atoms with Crippen LogP contribution in [0.1, 0.15) is 12.8 Å². The van der Waals surface area contributed by atoms with E-state index in [1.807, 2.05) is 0 Å². The molecule has 0 spiro atoms. The molecule has 1 aromatic rings. The average molecular weight is 354 g/mol. The van der Waals surface area contributed by atoms with Crippen molar-refractivity contribution >= 4 is 29.5 Å². The van der Waals surface area contributed by atoms with E-state index in [2.05, 4.69) is 0 Å². The smallest absolute Gasteiger partial charge is 0.316 e. The van der Waals surface area contributed by atoms with Crippen LogP contribution in [0.3, 0.4) is 0 Å². The SMILES string of the molecule is NC(=O)C1CCN(C(=O)COC(=O)CSc2ccccc2F)CC1. The summed E-state index contributed by atoms with van der Waals surface area (Å²) in [7, 11) is 0. The van der Waals surface area contributed by atoms with Gasteiger partial charge in [0.25, 0.3) is 5.91 Å². The minimum absolute atomic E-state index is 0.0715. The predicted molar refractivity (Wildman–Crippen MR) is 86.6 cm³/mol. The van der Waals surface area contributed by atoms with Crippen molar-refractivity contribution in [3.63, 3.8) is 0 Å². The van der Waals surface area contributed by atoms with Gasteiger partial charge in [-0.3, -0.25) is 14.4 Å². The van der Waals surface area contributed by atoms with Crippen LogP contribution >= 0.6 is 11.8 Å². The van der Waals surface area contributed by atoms with Gasteiger partial charge in [0, 0.05) is 23.9 Å². The summed E-state index contributed by atoms with van der Waals surface area (Å²) in [5.74, 6) is -1.90. The van der Waals surface area contributed by atoms with Gasteiger partial charge in [0.1, 0.15) is 5.82 Å². The number of hydrogen-bond donors (Lipinski definition) is 1. The molecule has 24 heavy (non-hydrogen) atoms. The van der Waals surface area contributed by atoms with Gasteiger partial charge in [-0.05, 0) is 25.0 Å². The van der Waals surface area contributed by atoms with E-state index in [1.54, 1.807) is 23.1 Å². The number of amides is 2. The van der Waals surface area contributed by atoms with Crippen molar-refractivity contribution in [1.82, 2.24) is 4.90 Å². The van der Waals surface area contributed by atoms with Gasteiger partial charge in [-0.2, -0.15) is 0 Å². The number of nitrogens with zero attached hydrogens (tertiary/aromatic N) is 1. The van der Waals surface area contributed by atoms with Crippen molar-refractivity contribution in [2.75, 3.05) is 25.4 Å². The number of nitrogens with two attached hydrogens (primary N) is 1. The fraction of sp³-hybridized carbons (Fsp3) is 0.438. The van der Waals surface area contributed by atoms with Gasteiger partial charge in [-0.25, -0.2) is 4.39 Å². The summed E-state index contributed by atoms with van der Waals surface area (Å²) >= 11 is 1.02. The Balaban J connectivity index is 1.69. The van der Waals surface area contributed by atoms with E-state index < -0.39 is 11.8 Å². The molecule has 0 aliphatic carbocycles. The maximum atomic E-state index is 13.4. The maximum absolute atomic E-state index is 13.4. The molecule has 0 unspecified atom stereocenters. The Labute approximate surface area is 143 Å². The van der Waals surface area contributed by atoms with Crippen LogP contribution in [0.25, 0.3) is 0 Å². The fourth-order valence-electron chi connectivity index (χ4n) is 2.39. The highest BCUT2D eigenvalue weighted by Crippen LogP contribution is 2.21. The number of carbonyl (C=O) groups is 3. The molecule has 1 saturated heterocycles. The maximum Gasteiger partial charge on any atom is 0.316 e. The largest absolute Gasteiger partial charge is 0.455 e. The van der Waals surface area contributed by atoms with E-state index in [0.29, 0.717) is 30.8 Å². The van der Waals surface area contributed by atoms with Crippen molar-refractivity contribution in [3.05, 3.63) is 30.1 Å².